The molecule has 0 aliphatic rings. The molecule has 0 aliphatic carbocycles. The molecule has 0 saturated heterocycles. The van der Waals surface area contributed by atoms with E-state index in [0.29, 0.717) is 11.3 Å². The van der Waals surface area contributed by atoms with E-state index in [-0.39, 0.29) is 5.78 Å². The smallest absolute Gasteiger partial charge is 0.213 e. The molecular formula is C16H12N4O. The molecule has 3 aromatic rings. The highest BCUT2D eigenvalue weighted by molar-refractivity contribution is 6.51. The highest BCUT2D eigenvalue weighted by atomic mass is 16.1. The van der Waals surface area contributed by atoms with Crippen LogP contribution in [0.2, 0.25) is 0 Å². The SMILES string of the molecule is O=C(/C(=N\n1cnnc1)c1ccccc1)c1ccccc1. The Bertz CT molecular complexity index is 749. The Morgan fingerprint density at radius 3 is 1.90 bits per heavy atom. The molecule has 0 fully saturated rings. The Labute approximate surface area is 121 Å². The Hall–Kier alpha value is -3.08. The summed E-state index contributed by atoms with van der Waals surface area (Å²) in [7, 11) is 0. The first-order valence-electron chi connectivity index (χ1n) is 6.43. The monoisotopic (exact) mass is 276 g/mol. The van der Waals surface area contributed by atoms with Gasteiger partial charge in [0.1, 0.15) is 18.4 Å². The molecule has 2 aromatic carbocycles. The van der Waals surface area contributed by atoms with Crippen LogP contribution in [0, 0.1) is 0 Å². The van der Waals surface area contributed by atoms with Gasteiger partial charge >= 0.3 is 0 Å². The van der Waals surface area contributed by atoms with Crippen molar-refractivity contribution in [2.45, 2.75) is 0 Å². The molecule has 0 saturated carbocycles. The number of carbonyl (C=O) groups excluding carboxylic acids is 1. The second-order valence-corrected chi connectivity index (χ2v) is 4.35. The average molecular weight is 276 g/mol. The van der Waals surface area contributed by atoms with E-state index in [0.717, 1.165) is 5.56 Å². The van der Waals surface area contributed by atoms with Crippen molar-refractivity contribution in [3.8, 4) is 0 Å². The Morgan fingerprint density at radius 1 is 0.810 bits per heavy atom. The zero-order valence-corrected chi connectivity index (χ0v) is 11.1. The summed E-state index contributed by atoms with van der Waals surface area (Å²) in [5, 5.41) is 11.7. The number of aromatic nitrogens is 3. The summed E-state index contributed by atoms with van der Waals surface area (Å²) in [5.74, 6) is -0.143. The molecule has 0 atom stereocenters. The third-order valence-corrected chi connectivity index (χ3v) is 2.92. The number of rotatable bonds is 4. The molecule has 5 heteroatoms. The molecule has 5 nitrogen and oxygen atoms in total. The van der Waals surface area contributed by atoms with Crippen LogP contribution in [0.25, 0.3) is 0 Å². The van der Waals surface area contributed by atoms with E-state index in [2.05, 4.69) is 15.3 Å². The van der Waals surface area contributed by atoms with Gasteiger partial charge in [-0.3, -0.25) is 4.79 Å². The first-order valence-corrected chi connectivity index (χ1v) is 6.43. The van der Waals surface area contributed by atoms with E-state index in [1.165, 1.54) is 17.3 Å². The van der Waals surface area contributed by atoms with E-state index in [1.807, 2.05) is 48.5 Å². The summed E-state index contributed by atoms with van der Waals surface area (Å²) >= 11 is 0. The Balaban J connectivity index is 2.07. The molecular weight excluding hydrogens is 264 g/mol. The molecule has 21 heavy (non-hydrogen) atoms. The van der Waals surface area contributed by atoms with Crippen LogP contribution < -0.4 is 0 Å². The second kappa shape index (κ2) is 5.92. The standard InChI is InChI=1S/C16H12N4O/c21-16(14-9-5-2-6-10-14)15(13-7-3-1-4-8-13)19-20-11-17-18-12-20/h1-12H/b19-15-. The van der Waals surface area contributed by atoms with Crippen molar-refractivity contribution in [2.75, 3.05) is 0 Å². The molecule has 0 aliphatic heterocycles. The van der Waals surface area contributed by atoms with Crippen LogP contribution in [-0.2, 0) is 0 Å². The summed E-state index contributed by atoms with van der Waals surface area (Å²) < 4.78 is 1.42. The van der Waals surface area contributed by atoms with Gasteiger partial charge in [0.25, 0.3) is 0 Å². The highest BCUT2D eigenvalue weighted by Crippen LogP contribution is 2.09. The number of hydrogen-bond donors (Lipinski definition) is 0. The van der Waals surface area contributed by atoms with Crippen LogP contribution in [-0.4, -0.2) is 26.4 Å². The maximum Gasteiger partial charge on any atom is 0.213 e. The van der Waals surface area contributed by atoms with Crippen LogP contribution in [0.15, 0.2) is 78.4 Å². The van der Waals surface area contributed by atoms with Gasteiger partial charge in [0.2, 0.25) is 5.78 Å². The minimum absolute atomic E-state index is 0.143. The molecule has 0 N–H and O–H groups in total. The van der Waals surface area contributed by atoms with Gasteiger partial charge in [0, 0.05) is 11.1 Å². The predicted octanol–water partition coefficient (Wildman–Crippen LogP) is 2.41. The van der Waals surface area contributed by atoms with Crippen molar-refractivity contribution in [3.63, 3.8) is 0 Å². The molecule has 0 amide bonds. The van der Waals surface area contributed by atoms with Crippen LogP contribution in [0.5, 0.6) is 0 Å². The first-order chi connectivity index (χ1) is 10.3. The van der Waals surface area contributed by atoms with Gasteiger partial charge < -0.3 is 0 Å². The highest BCUT2D eigenvalue weighted by Gasteiger charge is 2.16. The van der Waals surface area contributed by atoms with Gasteiger partial charge in [-0.1, -0.05) is 60.7 Å². The molecule has 0 radical (unpaired) electrons. The molecule has 1 heterocycles. The largest absolute Gasteiger partial charge is 0.287 e. The number of hydrogen-bond acceptors (Lipinski definition) is 4. The van der Waals surface area contributed by atoms with E-state index in [9.17, 15) is 4.79 Å². The fraction of sp³-hybridized carbons (Fsp3) is 0. The molecule has 0 bridgehead atoms. The summed E-state index contributed by atoms with van der Waals surface area (Å²) in [5.41, 5.74) is 1.69. The van der Waals surface area contributed by atoms with Crippen molar-refractivity contribution >= 4 is 11.5 Å². The van der Waals surface area contributed by atoms with Crippen LogP contribution in [0.4, 0.5) is 0 Å². The average Bonchev–Trinajstić information content (AvgIpc) is 3.07. The number of carbonyl (C=O) groups is 1. The number of Topliss-reactive ketones (excluding diaryl/α,β-unsaturated/α-hetero) is 1. The lowest BCUT2D eigenvalue weighted by molar-refractivity contribution is 0.106. The van der Waals surface area contributed by atoms with Crippen molar-refractivity contribution in [1.29, 1.82) is 0 Å². The second-order valence-electron chi connectivity index (χ2n) is 4.35. The minimum Gasteiger partial charge on any atom is -0.287 e. The lowest BCUT2D eigenvalue weighted by Gasteiger charge is -2.06. The molecule has 0 spiro atoms. The number of ketones is 1. The van der Waals surface area contributed by atoms with Gasteiger partial charge in [-0.2, -0.15) is 5.10 Å². The van der Waals surface area contributed by atoms with Crippen LogP contribution in [0.1, 0.15) is 15.9 Å². The number of nitrogens with zero attached hydrogens (tertiary/aromatic N) is 4. The summed E-state index contributed by atoms with van der Waals surface area (Å²) in [6.45, 7) is 0. The predicted molar refractivity (Wildman–Crippen MR) is 79.2 cm³/mol. The van der Waals surface area contributed by atoms with Gasteiger partial charge in [0.05, 0.1) is 0 Å². The third kappa shape index (κ3) is 2.92. The van der Waals surface area contributed by atoms with Gasteiger partial charge in [-0.25, -0.2) is 4.68 Å². The fourth-order valence-corrected chi connectivity index (χ4v) is 1.92. The zero-order chi connectivity index (χ0) is 14.5. The van der Waals surface area contributed by atoms with E-state index in [4.69, 9.17) is 0 Å². The van der Waals surface area contributed by atoms with Crippen LogP contribution in [0.3, 0.4) is 0 Å². The minimum atomic E-state index is -0.143. The third-order valence-electron chi connectivity index (χ3n) is 2.92. The molecule has 102 valence electrons. The van der Waals surface area contributed by atoms with Crippen molar-refractivity contribution in [2.24, 2.45) is 5.10 Å². The Morgan fingerprint density at radius 2 is 1.33 bits per heavy atom. The maximum atomic E-state index is 12.7. The first kappa shape index (κ1) is 12.9. The Kier molecular flexibility index (Phi) is 3.64. The topological polar surface area (TPSA) is 60.1 Å². The van der Waals surface area contributed by atoms with Gasteiger partial charge in [-0.15, -0.1) is 10.2 Å². The van der Waals surface area contributed by atoms with E-state index >= 15 is 0 Å². The van der Waals surface area contributed by atoms with Crippen molar-refractivity contribution in [1.82, 2.24) is 14.9 Å². The zero-order valence-electron chi connectivity index (χ0n) is 11.1. The van der Waals surface area contributed by atoms with E-state index in [1.54, 1.807) is 12.1 Å². The summed E-state index contributed by atoms with van der Waals surface area (Å²) in [4.78, 5) is 12.7. The van der Waals surface area contributed by atoms with E-state index < -0.39 is 0 Å². The van der Waals surface area contributed by atoms with Gasteiger partial charge in [-0.05, 0) is 0 Å². The maximum absolute atomic E-state index is 12.7. The lowest BCUT2D eigenvalue weighted by atomic mass is 10.0. The van der Waals surface area contributed by atoms with Crippen LogP contribution >= 0.6 is 0 Å². The molecule has 3 rings (SSSR count). The quantitative estimate of drug-likeness (QED) is 0.543. The van der Waals surface area contributed by atoms with Crippen molar-refractivity contribution < 1.29 is 4.79 Å². The molecule has 0 unspecified atom stereocenters. The molecule has 1 aromatic heterocycles. The van der Waals surface area contributed by atoms with Crippen molar-refractivity contribution in [3.05, 3.63) is 84.4 Å². The normalized spacial score (nSPS) is 11.3. The summed E-state index contributed by atoms with van der Waals surface area (Å²) in [6, 6.07) is 18.4. The summed E-state index contributed by atoms with van der Waals surface area (Å²) in [6.07, 6.45) is 2.89. The number of benzene rings is 2. The van der Waals surface area contributed by atoms with Gasteiger partial charge in [0.15, 0.2) is 0 Å². The fourth-order valence-electron chi connectivity index (χ4n) is 1.92. The lowest BCUT2D eigenvalue weighted by Crippen LogP contribution is -2.17.